The Morgan fingerprint density at radius 3 is 2.57 bits per heavy atom. The molecule has 1 aliphatic heterocycles. The van der Waals surface area contributed by atoms with Gasteiger partial charge in [0.15, 0.2) is 0 Å². The summed E-state index contributed by atoms with van der Waals surface area (Å²) in [5, 5.41) is 0. The van der Waals surface area contributed by atoms with Gasteiger partial charge in [-0.2, -0.15) is 0 Å². The van der Waals surface area contributed by atoms with E-state index in [0.717, 1.165) is 11.4 Å². The van der Waals surface area contributed by atoms with E-state index in [1.54, 1.807) is 0 Å². The van der Waals surface area contributed by atoms with E-state index < -0.39 is 0 Å². The zero-order valence-corrected chi connectivity index (χ0v) is 11.5. The van der Waals surface area contributed by atoms with Gasteiger partial charge in [-0.25, -0.2) is 4.99 Å². The highest BCUT2D eigenvalue weighted by Gasteiger charge is 2.41. The van der Waals surface area contributed by atoms with E-state index in [2.05, 4.69) is 78.9 Å². The second-order valence-corrected chi connectivity index (χ2v) is 5.71. The van der Waals surface area contributed by atoms with Crippen LogP contribution < -0.4 is 0 Å². The van der Waals surface area contributed by atoms with Gasteiger partial charge in [-0.15, -0.1) is 0 Å². The minimum Gasteiger partial charge on any atom is -0.248 e. The summed E-state index contributed by atoms with van der Waals surface area (Å²) in [5.41, 5.74) is 7.24. The van der Waals surface area contributed by atoms with Crippen molar-refractivity contribution in [3.63, 3.8) is 0 Å². The quantitative estimate of drug-likeness (QED) is 0.646. The molecule has 0 bridgehead atoms. The first-order chi connectivity index (χ1) is 10.4. The summed E-state index contributed by atoms with van der Waals surface area (Å²) in [5.74, 6) is 0. The summed E-state index contributed by atoms with van der Waals surface area (Å²) < 4.78 is 0. The summed E-state index contributed by atoms with van der Waals surface area (Å²) in [6.07, 6.45) is 19.8. The van der Waals surface area contributed by atoms with Crippen LogP contribution in [0.2, 0.25) is 0 Å². The van der Waals surface area contributed by atoms with E-state index >= 15 is 0 Å². The van der Waals surface area contributed by atoms with Crippen LogP contribution in [0.1, 0.15) is 5.56 Å². The lowest BCUT2D eigenvalue weighted by molar-refractivity contribution is 0.728. The van der Waals surface area contributed by atoms with Gasteiger partial charge >= 0.3 is 0 Å². The number of benzene rings is 1. The molecule has 0 fully saturated rings. The normalized spacial score (nSPS) is 26.9. The lowest BCUT2D eigenvalue weighted by Crippen LogP contribution is -2.28. The van der Waals surface area contributed by atoms with Crippen molar-refractivity contribution in [2.45, 2.75) is 0 Å². The van der Waals surface area contributed by atoms with Crippen LogP contribution in [0.3, 0.4) is 0 Å². The third kappa shape index (κ3) is 1.28. The Balaban J connectivity index is 1.89. The van der Waals surface area contributed by atoms with Crippen LogP contribution in [-0.2, 0) is 0 Å². The summed E-state index contributed by atoms with van der Waals surface area (Å²) in [4.78, 5) is 4.82. The van der Waals surface area contributed by atoms with E-state index in [0.29, 0.717) is 0 Å². The summed E-state index contributed by atoms with van der Waals surface area (Å²) >= 11 is 0. The van der Waals surface area contributed by atoms with Gasteiger partial charge in [0.1, 0.15) is 0 Å². The monoisotopic (exact) mass is 267 g/mol. The molecule has 5 rings (SSSR count). The molecule has 1 nitrogen and oxygen atoms in total. The van der Waals surface area contributed by atoms with Crippen molar-refractivity contribution in [1.29, 1.82) is 0 Å². The van der Waals surface area contributed by atoms with Crippen molar-refractivity contribution in [3.05, 3.63) is 95.7 Å². The fourth-order valence-electron chi connectivity index (χ4n) is 3.68. The Morgan fingerprint density at radius 1 is 0.857 bits per heavy atom. The van der Waals surface area contributed by atoms with Crippen molar-refractivity contribution in [3.8, 4) is 0 Å². The SMILES string of the molecule is C1=CC2=CC3=Nc4ccccc4C3=C3C=CC=CC23C=C1. The van der Waals surface area contributed by atoms with Crippen LogP contribution in [0.4, 0.5) is 5.69 Å². The third-order valence-corrected chi connectivity index (χ3v) is 4.63. The fourth-order valence-corrected chi connectivity index (χ4v) is 3.68. The van der Waals surface area contributed by atoms with Gasteiger partial charge in [0.25, 0.3) is 0 Å². The molecule has 1 atom stereocenters. The number of rotatable bonds is 0. The van der Waals surface area contributed by atoms with Crippen LogP contribution in [0, 0.1) is 5.41 Å². The molecule has 0 amide bonds. The highest BCUT2D eigenvalue weighted by atomic mass is 14.8. The van der Waals surface area contributed by atoms with Gasteiger partial charge in [-0.1, -0.05) is 66.8 Å². The smallest absolute Gasteiger partial charge is 0.0722 e. The second-order valence-electron chi connectivity index (χ2n) is 5.71. The molecule has 0 aromatic heterocycles. The topological polar surface area (TPSA) is 12.4 Å². The Kier molecular flexibility index (Phi) is 1.95. The lowest BCUT2D eigenvalue weighted by atomic mass is 9.64. The van der Waals surface area contributed by atoms with E-state index in [9.17, 15) is 0 Å². The average molecular weight is 267 g/mol. The number of aliphatic imine (C=N–C) groups is 1. The highest BCUT2D eigenvalue weighted by Crippen LogP contribution is 2.53. The Bertz CT molecular complexity index is 874. The van der Waals surface area contributed by atoms with Gasteiger partial charge in [-0.05, 0) is 23.3 Å². The zero-order valence-electron chi connectivity index (χ0n) is 11.5. The summed E-state index contributed by atoms with van der Waals surface area (Å²) in [7, 11) is 0. The molecule has 4 aliphatic rings. The Labute approximate surface area is 123 Å². The molecule has 1 aromatic carbocycles. The Morgan fingerprint density at radius 2 is 1.67 bits per heavy atom. The van der Waals surface area contributed by atoms with Crippen molar-refractivity contribution >= 4 is 17.0 Å². The molecule has 1 aromatic rings. The molecule has 0 saturated heterocycles. The number of fused-ring (bicyclic) bond motifs is 3. The van der Waals surface area contributed by atoms with Crippen LogP contribution in [-0.4, -0.2) is 5.71 Å². The maximum atomic E-state index is 4.82. The van der Waals surface area contributed by atoms with Gasteiger partial charge in [0.2, 0.25) is 0 Å². The Hall–Kier alpha value is -2.67. The molecule has 1 unspecified atom stereocenters. The minimum absolute atomic E-state index is 0.116. The molecule has 0 saturated carbocycles. The molecular formula is C20H13N. The van der Waals surface area contributed by atoms with Crippen LogP contribution >= 0.6 is 0 Å². The van der Waals surface area contributed by atoms with Gasteiger partial charge in [-0.3, -0.25) is 0 Å². The molecule has 1 heterocycles. The number of hydrogen-bond acceptors (Lipinski definition) is 1. The van der Waals surface area contributed by atoms with E-state index in [4.69, 9.17) is 4.99 Å². The largest absolute Gasteiger partial charge is 0.248 e. The fraction of sp³-hybridized carbons (Fsp3) is 0.0500. The molecule has 1 heteroatoms. The van der Waals surface area contributed by atoms with Gasteiger partial charge < -0.3 is 0 Å². The molecule has 1 spiro atoms. The average Bonchev–Trinajstić information content (AvgIpc) is 2.90. The standard InChI is InChI=1S/C20H13N/c1-2-10-17-15(8-1)19-16-9-4-6-12-20(16)11-5-3-7-14(20)13-18(19)21-17/h1-13H. The third-order valence-electron chi connectivity index (χ3n) is 4.63. The van der Waals surface area contributed by atoms with Crippen LogP contribution in [0.5, 0.6) is 0 Å². The molecule has 0 N–H and O–H groups in total. The molecule has 98 valence electrons. The van der Waals surface area contributed by atoms with Crippen LogP contribution in [0.25, 0.3) is 5.57 Å². The van der Waals surface area contributed by atoms with Crippen molar-refractivity contribution < 1.29 is 0 Å². The maximum absolute atomic E-state index is 4.82. The number of hydrogen-bond donors (Lipinski definition) is 0. The lowest BCUT2D eigenvalue weighted by Gasteiger charge is -2.38. The van der Waals surface area contributed by atoms with E-state index in [1.165, 1.54) is 22.3 Å². The molecule has 21 heavy (non-hydrogen) atoms. The summed E-state index contributed by atoms with van der Waals surface area (Å²) in [6.45, 7) is 0. The molecule has 3 aliphatic carbocycles. The first-order valence-corrected chi connectivity index (χ1v) is 7.26. The maximum Gasteiger partial charge on any atom is 0.0722 e. The first-order valence-electron chi connectivity index (χ1n) is 7.26. The first kappa shape index (κ1) is 11.0. The van der Waals surface area contributed by atoms with Crippen molar-refractivity contribution in [2.24, 2.45) is 10.4 Å². The predicted octanol–water partition coefficient (Wildman–Crippen LogP) is 4.70. The van der Waals surface area contributed by atoms with Gasteiger partial charge in [0, 0.05) is 11.1 Å². The van der Waals surface area contributed by atoms with Crippen molar-refractivity contribution in [2.75, 3.05) is 0 Å². The van der Waals surface area contributed by atoms with Crippen LogP contribution in [0.15, 0.2) is 95.1 Å². The van der Waals surface area contributed by atoms with Crippen molar-refractivity contribution in [1.82, 2.24) is 0 Å². The number of para-hydroxylation sites is 1. The number of nitrogens with zero attached hydrogens (tertiary/aromatic N) is 1. The highest BCUT2D eigenvalue weighted by molar-refractivity contribution is 6.36. The molecular weight excluding hydrogens is 254 g/mol. The number of allylic oxidation sites excluding steroid dienone is 12. The van der Waals surface area contributed by atoms with Gasteiger partial charge in [0.05, 0.1) is 16.8 Å². The zero-order chi connectivity index (χ0) is 13.9. The second kappa shape index (κ2) is 3.70. The molecule has 0 radical (unpaired) electrons. The van der Waals surface area contributed by atoms with E-state index in [-0.39, 0.29) is 5.41 Å². The van der Waals surface area contributed by atoms with E-state index in [1.807, 2.05) is 0 Å². The predicted molar refractivity (Wildman–Crippen MR) is 87.5 cm³/mol. The summed E-state index contributed by atoms with van der Waals surface area (Å²) in [6, 6.07) is 8.42. The minimum atomic E-state index is -0.116.